The quantitative estimate of drug-likeness (QED) is 0.708. The average Bonchev–Trinajstić information content (AvgIpc) is 2.80. The zero-order valence-corrected chi connectivity index (χ0v) is 13.3. The van der Waals surface area contributed by atoms with Crippen LogP contribution in [0.1, 0.15) is 40.5 Å². The lowest BCUT2D eigenvalue weighted by molar-refractivity contribution is -0.169. The number of aliphatic carboxylic acids is 1. The van der Waals surface area contributed by atoms with Gasteiger partial charge in [0.2, 0.25) is 5.91 Å². The first-order chi connectivity index (χ1) is 11.7. The Labute approximate surface area is 142 Å². The number of nitrogens with two attached hydrogens (primary N) is 1. The standard InChI is InChI=1S/C16H15N3O6/c1-16(17,15(24)25)19-11(20)7-6-10(14(19)23)18-12(21)8-4-2-3-5-9(8)13(18)22/h2-5,10H,6-7,17H2,1H3,(H,24,25). The van der Waals surface area contributed by atoms with Gasteiger partial charge in [-0.05, 0) is 25.5 Å². The number of carboxylic acids is 1. The van der Waals surface area contributed by atoms with Crippen LogP contribution >= 0.6 is 0 Å². The van der Waals surface area contributed by atoms with Crippen molar-refractivity contribution >= 4 is 29.6 Å². The Bertz CT molecular complexity index is 796. The van der Waals surface area contributed by atoms with Crippen LogP contribution in [-0.2, 0) is 14.4 Å². The zero-order valence-electron chi connectivity index (χ0n) is 13.3. The molecule has 9 heteroatoms. The summed E-state index contributed by atoms with van der Waals surface area (Å²) in [6.45, 7) is 1.01. The fourth-order valence-corrected chi connectivity index (χ4v) is 3.08. The molecule has 130 valence electrons. The molecule has 2 aliphatic heterocycles. The molecule has 0 saturated carbocycles. The van der Waals surface area contributed by atoms with E-state index in [1.165, 1.54) is 12.1 Å². The normalized spacial score (nSPS) is 22.9. The number of nitrogens with zero attached hydrogens (tertiary/aromatic N) is 2. The van der Waals surface area contributed by atoms with Gasteiger partial charge in [-0.2, -0.15) is 0 Å². The van der Waals surface area contributed by atoms with Gasteiger partial charge in [-0.15, -0.1) is 0 Å². The van der Waals surface area contributed by atoms with Gasteiger partial charge in [0.05, 0.1) is 11.1 Å². The Morgan fingerprint density at radius 1 is 1.16 bits per heavy atom. The number of rotatable bonds is 3. The van der Waals surface area contributed by atoms with Gasteiger partial charge in [-0.25, -0.2) is 4.79 Å². The number of fused-ring (bicyclic) bond motifs is 1. The van der Waals surface area contributed by atoms with Crippen molar-refractivity contribution in [2.75, 3.05) is 0 Å². The van der Waals surface area contributed by atoms with E-state index in [1.54, 1.807) is 12.1 Å². The zero-order chi connectivity index (χ0) is 18.5. The van der Waals surface area contributed by atoms with Gasteiger partial charge in [0.25, 0.3) is 17.7 Å². The molecule has 9 nitrogen and oxygen atoms in total. The van der Waals surface area contributed by atoms with Crippen molar-refractivity contribution < 1.29 is 29.1 Å². The van der Waals surface area contributed by atoms with E-state index in [0.717, 1.165) is 11.8 Å². The summed E-state index contributed by atoms with van der Waals surface area (Å²) in [4.78, 5) is 62.4. The first-order valence-electron chi connectivity index (χ1n) is 7.54. The van der Waals surface area contributed by atoms with E-state index in [9.17, 15) is 29.1 Å². The second-order valence-corrected chi connectivity index (χ2v) is 6.10. The van der Waals surface area contributed by atoms with E-state index in [2.05, 4.69) is 0 Å². The molecule has 3 rings (SSSR count). The number of piperidine rings is 1. The molecule has 2 aliphatic rings. The first-order valence-corrected chi connectivity index (χ1v) is 7.54. The molecule has 0 aliphatic carbocycles. The minimum absolute atomic E-state index is 0.0741. The van der Waals surface area contributed by atoms with Crippen molar-refractivity contribution in [3.63, 3.8) is 0 Å². The average molecular weight is 345 g/mol. The van der Waals surface area contributed by atoms with Crippen molar-refractivity contribution in [2.24, 2.45) is 5.73 Å². The second-order valence-electron chi connectivity index (χ2n) is 6.10. The topological polar surface area (TPSA) is 138 Å². The highest BCUT2D eigenvalue weighted by Crippen LogP contribution is 2.30. The first kappa shape index (κ1) is 16.8. The fraction of sp³-hybridized carbons (Fsp3) is 0.312. The second kappa shape index (κ2) is 5.49. The number of carboxylic acid groups (broad SMARTS) is 1. The molecule has 1 aromatic rings. The number of likely N-dealkylation sites (tertiary alicyclic amines) is 1. The monoisotopic (exact) mass is 345 g/mol. The molecule has 0 bridgehead atoms. The SMILES string of the molecule is CC(N)(C(=O)O)N1C(=O)CCC(N2C(=O)c3ccccc3C2=O)C1=O. The molecule has 1 fully saturated rings. The lowest BCUT2D eigenvalue weighted by atomic mass is 9.98. The number of benzene rings is 1. The van der Waals surface area contributed by atoms with Gasteiger partial charge in [0.15, 0.2) is 5.66 Å². The summed E-state index contributed by atoms with van der Waals surface area (Å²) in [6, 6.07) is 4.85. The van der Waals surface area contributed by atoms with Crippen LogP contribution in [0.2, 0.25) is 0 Å². The Morgan fingerprint density at radius 2 is 1.68 bits per heavy atom. The Hall–Kier alpha value is -3.07. The molecule has 2 atom stereocenters. The lowest BCUT2D eigenvalue weighted by Gasteiger charge is -2.40. The Balaban J connectivity index is 1.98. The third-order valence-corrected chi connectivity index (χ3v) is 4.42. The highest BCUT2D eigenvalue weighted by Gasteiger charge is 2.52. The van der Waals surface area contributed by atoms with Crippen LogP contribution in [0, 0.1) is 0 Å². The maximum absolute atomic E-state index is 12.7. The van der Waals surface area contributed by atoms with Crippen LogP contribution in [0.5, 0.6) is 0 Å². The number of amides is 4. The van der Waals surface area contributed by atoms with Crippen LogP contribution < -0.4 is 5.73 Å². The summed E-state index contributed by atoms with van der Waals surface area (Å²) in [5.41, 5.74) is 3.68. The van der Waals surface area contributed by atoms with Crippen molar-refractivity contribution in [1.82, 2.24) is 9.80 Å². The summed E-state index contributed by atoms with van der Waals surface area (Å²) in [5, 5.41) is 9.21. The molecule has 0 radical (unpaired) electrons. The summed E-state index contributed by atoms with van der Waals surface area (Å²) in [6.07, 6.45) is -0.279. The van der Waals surface area contributed by atoms with Gasteiger partial charge < -0.3 is 5.11 Å². The van der Waals surface area contributed by atoms with Crippen molar-refractivity contribution in [2.45, 2.75) is 31.5 Å². The Kier molecular flexibility index (Phi) is 3.68. The molecule has 4 amide bonds. The van der Waals surface area contributed by atoms with Gasteiger partial charge in [-0.3, -0.25) is 34.7 Å². The summed E-state index contributed by atoms with van der Waals surface area (Å²) in [5.74, 6) is -4.61. The minimum Gasteiger partial charge on any atom is -0.478 e. The van der Waals surface area contributed by atoms with E-state index in [1.807, 2.05) is 0 Å². The molecule has 3 N–H and O–H groups in total. The van der Waals surface area contributed by atoms with Gasteiger partial charge in [0.1, 0.15) is 6.04 Å². The van der Waals surface area contributed by atoms with Gasteiger partial charge in [-0.1, -0.05) is 12.1 Å². The third kappa shape index (κ3) is 2.31. The molecule has 0 aromatic heterocycles. The molecular formula is C16H15N3O6. The molecule has 2 heterocycles. The number of hydrogen-bond donors (Lipinski definition) is 2. The largest absolute Gasteiger partial charge is 0.478 e. The predicted octanol–water partition coefficient (Wildman–Crippen LogP) is -0.440. The van der Waals surface area contributed by atoms with Gasteiger partial charge in [0, 0.05) is 6.42 Å². The number of carbonyl (C=O) groups is 5. The summed E-state index contributed by atoms with van der Waals surface area (Å²) in [7, 11) is 0. The van der Waals surface area contributed by atoms with E-state index in [0.29, 0.717) is 4.90 Å². The van der Waals surface area contributed by atoms with Crippen molar-refractivity contribution in [3.8, 4) is 0 Å². The van der Waals surface area contributed by atoms with Crippen molar-refractivity contribution in [3.05, 3.63) is 35.4 Å². The van der Waals surface area contributed by atoms with E-state index >= 15 is 0 Å². The predicted molar refractivity (Wildman–Crippen MR) is 82.0 cm³/mol. The fourth-order valence-electron chi connectivity index (χ4n) is 3.08. The van der Waals surface area contributed by atoms with E-state index in [4.69, 9.17) is 5.73 Å². The highest BCUT2D eigenvalue weighted by molar-refractivity contribution is 6.23. The lowest BCUT2D eigenvalue weighted by Crippen LogP contribution is -2.68. The maximum atomic E-state index is 12.7. The molecule has 1 saturated heterocycles. The number of hydrogen-bond acceptors (Lipinski definition) is 6. The van der Waals surface area contributed by atoms with Crippen LogP contribution in [0.25, 0.3) is 0 Å². The summed E-state index contributed by atoms with van der Waals surface area (Å²) >= 11 is 0. The summed E-state index contributed by atoms with van der Waals surface area (Å²) < 4.78 is 0. The maximum Gasteiger partial charge on any atom is 0.344 e. The van der Waals surface area contributed by atoms with Crippen LogP contribution in [0.3, 0.4) is 0 Å². The smallest absolute Gasteiger partial charge is 0.344 e. The molecule has 1 aromatic carbocycles. The molecule has 25 heavy (non-hydrogen) atoms. The van der Waals surface area contributed by atoms with Crippen LogP contribution in [0.15, 0.2) is 24.3 Å². The van der Waals surface area contributed by atoms with E-state index in [-0.39, 0.29) is 24.0 Å². The van der Waals surface area contributed by atoms with Gasteiger partial charge >= 0.3 is 5.97 Å². The minimum atomic E-state index is -2.27. The number of carbonyl (C=O) groups excluding carboxylic acids is 4. The molecule has 2 unspecified atom stereocenters. The van der Waals surface area contributed by atoms with E-state index < -0.39 is 41.3 Å². The highest BCUT2D eigenvalue weighted by atomic mass is 16.4. The van der Waals surface area contributed by atoms with Crippen LogP contribution in [-0.4, -0.2) is 56.2 Å². The van der Waals surface area contributed by atoms with Crippen molar-refractivity contribution in [1.29, 1.82) is 0 Å². The molecule has 0 spiro atoms. The molecular weight excluding hydrogens is 330 g/mol. The third-order valence-electron chi connectivity index (χ3n) is 4.42. The van der Waals surface area contributed by atoms with Crippen LogP contribution in [0.4, 0.5) is 0 Å². The Morgan fingerprint density at radius 3 is 2.16 bits per heavy atom. The number of imide groups is 2.